The molecule has 0 aliphatic rings. The van der Waals surface area contributed by atoms with Crippen LogP contribution in [-0.4, -0.2) is 27.0 Å². The molecule has 2 aromatic heterocycles. The van der Waals surface area contributed by atoms with E-state index in [1.165, 1.54) is 0 Å². The summed E-state index contributed by atoms with van der Waals surface area (Å²) in [5, 5.41) is 11.2. The number of hydrogen-bond donors (Lipinski definition) is 3. The number of carboxylic acid groups (broad SMARTS) is 1. The van der Waals surface area contributed by atoms with Gasteiger partial charge in [-0.3, -0.25) is 4.79 Å². The SMILES string of the molecule is Cc1ccc(C(=O)Nc2ccccn2)cc1.Cc1ccc(C(=O)O)cc1.I.II.I[I-]I.Nc1ccccn1. The smallest absolute Gasteiger partial charge is 0.123 e. The van der Waals surface area contributed by atoms with Crippen molar-refractivity contribution in [2.24, 2.45) is 0 Å². The molecule has 7 nitrogen and oxygen atoms in total. The quantitative estimate of drug-likeness (QED) is 0.212. The number of hydrogen-bond acceptors (Lipinski definition) is 5. The largest absolute Gasteiger partial charge is 0.384 e. The molecule has 0 bridgehead atoms. The third kappa shape index (κ3) is 21.3. The number of pyridine rings is 2. The summed E-state index contributed by atoms with van der Waals surface area (Å²) < 4.78 is 0. The topological polar surface area (TPSA) is 118 Å². The van der Waals surface area contributed by atoms with Gasteiger partial charge in [-0.1, -0.05) is 47.5 Å². The van der Waals surface area contributed by atoms with Crippen molar-refractivity contribution in [2.45, 2.75) is 13.8 Å². The molecule has 0 aliphatic heterocycles. The summed E-state index contributed by atoms with van der Waals surface area (Å²) in [6.07, 6.45) is 3.31. The standard InChI is InChI=1S/C13H12N2O.C8H8O2.C5H6N2.I3.I2.HI/c1-10-5-7-11(8-6-10)13(16)15-12-4-2-3-9-14-12;1-6-2-4-7(5-3-6)8(9)10;6-5-3-1-2-4-7-5;1-3-2;1-2;/h2-9H,1H3,(H,14,15,16);2-5H,1H3,(H,9,10);1-4H,(H2,6,7);;;1H/q;;;-1;;. The van der Waals surface area contributed by atoms with Crippen LogP contribution in [0.5, 0.6) is 0 Å². The maximum absolute atomic E-state index is 11.8. The predicted molar refractivity (Wildman–Crippen MR) is 202 cm³/mol. The number of carbonyl (C=O) groups excluding carboxylic acids is 1. The molecule has 0 radical (unpaired) electrons. The van der Waals surface area contributed by atoms with Crippen molar-refractivity contribution in [1.29, 1.82) is 0 Å². The summed E-state index contributed by atoms with van der Waals surface area (Å²) in [7, 11) is 0. The first-order valence-corrected chi connectivity index (χ1v) is 29.4. The maximum atomic E-state index is 11.8. The van der Waals surface area contributed by atoms with Crippen LogP contribution in [0.2, 0.25) is 0 Å². The number of anilines is 2. The number of nitrogen functional groups attached to an aromatic ring is 1. The first-order chi connectivity index (χ1) is 18.3. The number of nitrogens with zero attached hydrogens (tertiary/aromatic N) is 2. The van der Waals surface area contributed by atoms with Gasteiger partial charge in [0, 0.05) is 55.2 Å². The van der Waals surface area contributed by atoms with Crippen molar-refractivity contribution in [3.05, 3.63) is 120 Å². The van der Waals surface area contributed by atoms with Crippen molar-refractivity contribution in [3.8, 4) is 0 Å². The third-order valence-corrected chi connectivity index (χ3v) is 4.21. The summed E-state index contributed by atoms with van der Waals surface area (Å²) in [4.78, 5) is 29.9. The van der Waals surface area contributed by atoms with Crippen LogP contribution in [0.4, 0.5) is 11.6 Å². The molecule has 0 saturated heterocycles. The molecule has 13 heteroatoms. The molecule has 0 saturated carbocycles. The first-order valence-electron chi connectivity index (χ1n) is 10.5. The fraction of sp³-hybridized carbons (Fsp3) is 0.0769. The maximum Gasteiger partial charge on any atom is 0.123 e. The third-order valence-electron chi connectivity index (χ3n) is 4.21. The van der Waals surface area contributed by atoms with E-state index < -0.39 is 5.97 Å². The van der Waals surface area contributed by atoms with Gasteiger partial charge in [-0.2, -0.15) is 0 Å². The van der Waals surface area contributed by atoms with Gasteiger partial charge in [-0.15, -0.1) is 24.0 Å². The normalized spacial score (nSPS) is 8.67. The number of nitrogens with one attached hydrogen (secondary N) is 1. The Balaban J connectivity index is 0. The van der Waals surface area contributed by atoms with E-state index in [-0.39, 0.29) is 29.9 Å². The summed E-state index contributed by atoms with van der Waals surface area (Å²) >= 11 is 9.54. The van der Waals surface area contributed by atoms with Gasteiger partial charge < -0.3 is 16.2 Å². The predicted octanol–water partition coefficient (Wildman–Crippen LogP) is 6.16. The second kappa shape index (κ2) is 26.7. The number of amides is 1. The van der Waals surface area contributed by atoms with Crippen LogP contribution < -0.4 is 24.3 Å². The number of carboxylic acids is 1. The van der Waals surface area contributed by atoms with E-state index in [4.69, 9.17) is 10.8 Å². The van der Waals surface area contributed by atoms with Gasteiger partial charge in [0.2, 0.25) is 0 Å². The van der Waals surface area contributed by atoms with Gasteiger partial charge >= 0.3 is 56.5 Å². The van der Waals surface area contributed by atoms with Gasteiger partial charge in [0.1, 0.15) is 11.6 Å². The summed E-state index contributed by atoms with van der Waals surface area (Å²) in [5.74, 6) is 0.120. The number of aromatic carboxylic acids is 1. The van der Waals surface area contributed by atoms with Crippen LogP contribution in [0.1, 0.15) is 31.8 Å². The zero-order valence-corrected chi connectivity index (χ0v) is 33.9. The Bertz CT molecular complexity index is 1170. The molecule has 4 rings (SSSR count). The van der Waals surface area contributed by atoms with Crippen LogP contribution in [0, 0.1) is 13.8 Å². The Kier molecular flexibility index (Phi) is 28.1. The van der Waals surface area contributed by atoms with Crippen molar-refractivity contribution >= 4 is 122 Å². The number of aromatic nitrogens is 2. The molecule has 0 unspecified atom stereocenters. The molecule has 2 aromatic carbocycles. The van der Waals surface area contributed by atoms with E-state index >= 15 is 0 Å². The number of benzene rings is 2. The van der Waals surface area contributed by atoms with Gasteiger partial charge in [0.05, 0.1) is 5.56 Å². The van der Waals surface area contributed by atoms with Crippen LogP contribution in [-0.2, 0) is 0 Å². The van der Waals surface area contributed by atoms with Gasteiger partial charge in [-0.05, 0) is 62.4 Å². The number of aryl methyl sites for hydroxylation is 2. The summed E-state index contributed by atoms with van der Waals surface area (Å²) in [5.41, 5.74) is 8.43. The minimum absolute atomic E-state index is 0. The van der Waals surface area contributed by atoms with Crippen LogP contribution in [0.3, 0.4) is 0 Å². The van der Waals surface area contributed by atoms with E-state index in [0.29, 0.717) is 36.0 Å². The molecule has 4 aromatic rings. The minimum Gasteiger partial charge on any atom is -0.384 e. The molecule has 0 atom stereocenters. The van der Waals surface area contributed by atoms with Crippen LogP contribution in [0.15, 0.2) is 97.3 Å². The second-order valence-electron chi connectivity index (χ2n) is 7.01. The van der Waals surface area contributed by atoms with E-state index in [1.54, 1.807) is 60.9 Å². The van der Waals surface area contributed by atoms with Crippen LogP contribution >= 0.6 is 98.4 Å². The fourth-order valence-electron chi connectivity index (χ4n) is 2.40. The second-order valence-corrected chi connectivity index (χ2v) is 23.3. The minimum atomic E-state index is -0.875. The van der Waals surface area contributed by atoms with E-state index in [1.807, 2.05) is 50.2 Å². The number of halogens is 6. The zero-order chi connectivity index (χ0) is 28.8. The van der Waals surface area contributed by atoms with E-state index in [9.17, 15) is 9.59 Å². The molecule has 0 spiro atoms. The number of nitrogens with two attached hydrogens (primary N) is 1. The van der Waals surface area contributed by atoms with Crippen molar-refractivity contribution in [2.75, 3.05) is 11.1 Å². The monoisotopic (exact) mass is 1200 g/mol. The Hall–Kier alpha value is -0.140. The average Bonchev–Trinajstić information content (AvgIpc) is 2.93. The molecule has 212 valence electrons. The van der Waals surface area contributed by atoms with Gasteiger partial charge in [0.25, 0.3) is 5.91 Å². The average molecular weight is 1200 g/mol. The van der Waals surface area contributed by atoms with Gasteiger partial charge in [-0.25, -0.2) is 14.8 Å². The summed E-state index contributed by atoms with van der Waals surface area (Å²) in [6.45, 7) is 3.91. The van der Waals surface area contributed by atoms with Crippen molar-refractivity contribution in [3.63, 3.8) is 0 Å². The molecular weight excluding hydrogens is 1180 g/mol. The van der Waals surface area contributed by atoms with Crippen molar-refractivity contribution < 1.29 is 28.0 Å². The van der Waals surface area contributed by atoms with E-state index in [2.05, 4.69) is 89.7 Å². The Morgan fingerprint density at radius 3 is 1.54 bits per heavy atom. The molecule has 2 heterocycles. The molecule has 4 N–H and O–H groups in total. The van der Waals surface area contributed by atoms with Crippen molar-refractivity contribution in [1.82, 2.24) is 9.97 Å². The Morgan fingerprint density at radius 2 is 1.21 bits per heavy atom. The first kappa shape index (κ1) is 41.0. The molecule has 1 amide bonds. The molecule has 39 heavy (non-hydrogen) atoms. The number of carbonyl (C=O) groups is 2. The Morgan fingerprint density at radius 1 is 0.769 bits per heavy atom. The zero-order valence-electron chi connectivity index (χ0n) is 20.8. The molecular formula is C26H27I6N4O3-. The van der Waals surface area contributed by atoms with E-state index in [0.717, 1.165) is 11.1 Å². The molecule has 0 aliphatic carbocycles. The molecule has 0 fully saturated rings. The van der Waals surface area contributed by atoms with Gasteiger partial charge in [0.15, 0.2) is 0 Å². The van der Waals surface area contributed by atoms with Crippen LogP contribution in [0.25, 0.3) is 0 Å². The summed E-state index contributed by atoms with van der Waals surface area (Å²) in [6, 6.07) is 25.0. The Labute approximate surface area is 299 Å². The number of rotatable bonds is 3. The fourth-order valence-corrected chi connectivity index (χ4v) is 2.40.